The van der Waals surface area contributed by atoms with Crippen LogP contribution in [0.4, 0.5) is 0 Å². The highest BCUT2D eigenvalue weighted by molar-refractivity contribution is 6.10. The zero-order chi connectivity index (χ0) is 22.9. The van der Waals surface area contributed by atoms with Gasteiger partial charge in [-0.3, -0.25) is 9.59 Å². The number of rotatable bonds is 4. The second kappa shape index (κ2) is 9.31. The first-order chi connectivity index (χ1) is 15.2. The van der Waals surface area contributed by atoms with Gasteiger partial charge in [0.1, 0.15) is 17.5 Å². The smallest absolute Gasteiger partial charge is 0.148 e. The van der Waals surface area contributed by atoms with Crippen LogP contribution in [-0.2, 0) is 19.7 Å². The van der Waals surface area contributed by atoms with E-state index in [9.17, 15) is 9.59 Å². The predicted octanol–water partition coefficient (Wildman–Crippen LogP) is 6.41. The molecular weight excluding hydrogens is 396 g/mol. The van der Waals surface area contributed by atoms with Crippen LogP contribution >= 0.6 is 0 Å². The molecule has 0 unspecified atom stereocenters. The predicted molar refractivity (Wildman–Crippen MR) is 129 cm³/mol. The van der Waals surface area contributed by atoms with Gasteiger partial charge >= 0.3 is 0 Å². The third-order valence-electron chi connectivity index (χ3n) is 7.31. The molecule has 2 fully saturated rings. The highest BCUT2D eigenvalue weighted by atomic mass is 16.5. The SMILES string of the molecule is Cc1ccc(-c2ccc(C(C)(C)C)cc2)cc1C1C(=O)CC(CC2CCOCC2)CC1=O. The Bertz CT molecular complexity index is 956. The Kier molecular flexibility index (Phi) is 6.67. The monoisotopic (exact) mass is 432 g/mol. The molecule has 32 heavy (non-hydrogen) atoms. The molecule has 0 spiro atoms. The van der Waals surface area contributed by atoms with Crippen LogP contribution in [0, 0.1) is 18.8 Å². The van der Waals surface area contributed by atoms with Crippen LogP contribution in [0.2, 0.25) is 0 Å². The Morgan fingerprint density at radius 3 is 2.03 bits per heavy atom. The Balaban J connectivity index is 1.53. The van der Waals surface area contributed by atoms with Gasteiger partial charge in [0.2, 0.25) is 0 Å². The summed E-state index contributed by atoms with van der Waals surface area (Å²) in [5.41, 5.74) is 5.50. The van der Waals surface area contributed by atoms with E-state index < -0.39 is 5.92 Å². The summed E-state index contributed by atoms with van der Waals surface area (Å²) in [6.07, 6.45) is 4.14. The van der Waals surface area contributed by atoms with E-state index in [1.54, 1.807) is 0 Å². The third kappa shape index (κ3) is 5.04. The number of Topliss-reactive ketones (excluding diaryl/α,β-unsaturated/α-hetero) is 2. The van der Waals surface area contributed by atoms with Crippen molar-refractivity contribution in [3.63, 3.8) is 0 Å². The fourth-order valence-electron chi connectivity index (χ4n) is 5.32. The number of ketones is 2. The van der Waals surface area contributed by atoms with Crippen molar-refractivity contribution in [3.05, 3.63) is 59.2 Å². The first-order valence-corrected chi connectivity index (χ1v) is 12.1. The van der Waals surface area contributed by atoms with Gasteiger partial charge in [-0.05, 0) is 77.3 Å². The molecule has 3 heteroatoms. The first-order valence-electron chi connectivity index (χ1n) is 12.1. The second-order valence-electron chi connectivity index (χ2n) is 10.8. The normalized spacial score (nSPS) is 22.9. The minimum Gasteiger partial charge on any atom is -0.381 e. The number of hydrogen-bond acceptors (Lipinski definition) is 3. The highest BCUT2D eigenvalue weighted by Crippen LogP contribution is 2.38. The van der Waals surface area contributed by atoms with E-state index in [1.165, 1.54) is 5.56 Å². The Labute approximate surface area is 192 Å². The molecule has 0 radical (unpaired) electrons. The van der Waals surface area contributed by atoms with Crippen molar-refractivity contribution in [1.29, 1.82) is 0 Å². The van der Waals surface area contributed by atoms with E-state index >= 15 is 0 Å². The van der Waals surface area contributed by atoms with Crippen LogP contribution in [0.15, 0.2) is 42.5 Å². The summed E-state index contributed by atoms with van der Waals surface area (Å²) in [5, 5.41) is 0. The van der Waals surface area contributed by atoms with Crippen LogP contribution in [0.1, 0.15) is 75.5 Å². The van der Waals surface area contributed by atoms with Gasteiger partial charge in [-0.2, -0.15) is 0 Å². The maximum Gasteiger partial charge on any atom is 0.148 e. The Hall–Kier alpha value is -2.26. The minimum atomic E-state index is -0.602. The number of carbonyl (C=O) groups is 2. The number of ether oxygens (including phenoxy) is 1. The van der Waals surface area contributed by atoms with Crippen molar-refractivity contribution in [1.82, 2.24) is 0 Å². The molecule has 4 rings (SSSR count). The van der Waals surface area contributed by atoms with E-state index in [0.717, 1.165) is 54.7 Å². The van der Waals surface area contributed by atoms with Gasteiger partial charge in [-0.1, -0.05) is 57.2 Å². The lowest BCUT2D eigenvalue weighted by molar-refractivity contribution is -0.134. The summed E-state index contributed by atoms with van der Waals surface area (Å²) in [7, 11) is 0. The van der Waals surface area contributed by atoms with E-state index in [4.69, 9.17) is 4.74 Å². The van der Waals surface area contributed by atoms with Gasteiger partial charge in [-0.15, -0.1) is 0 Å². The van der Waals surface area contributed by atoms with Crippen molar-refractivity contribution < 1.29 is 14.3 Å². The zero-order valence-electron chi connectivity index (χ0n) is 19.9. The average Bonchev–Trinajstić information content (AvgIpc) is 2.75. The van der Waals surface area contributed by atoms with Crippen LogP contribution < -0.4 is 0 Å². The maximum absolute atomic E-state index is 13.2. The molecule has 1 aliphatic heterocycles. The quantitative estimate of drug-likeness (QED) is 0.525. The molecule has 170 valence electrons. The second-order valence-corrected chi connectivity index (χ2v) is 10.8. The molecule has 1 saturated carbocycles. The summed E-state index contributed by atoms with van der Waals surface area (Å²) < 4.78 is 5.46. The lowest BCUT2D eigenvalue weighted by Crippen LogP contribution is -2.33. The van der Waals surface area contributed by atoms with Crippen LogP contribution in [0.25, 0.3) is 11.1 Å². The van der Waals surface area contributed by atoms with Gasteiger partial charge < -0.3 is 4.74 Å². The van der Waals surface area contributed by atoms with E-state index in [2.05, 4.69) is 63.2 Å². The summed E-state index contributed by atoms with van der Waals surface area (Å²) in [4.78, 5) is 26.3. The standard InChI is InChI=1S/C29H36O3/c1-19-5-6-23(22-7-9-24(10-8-22)29(2,3)4)18-25(19)28-26(30)16-21(17-27(28)31)15-20-11-13-32-14-12-20/h5-10,18,20-21,28H,11-17H2,1-4H3. The van der Waals surface area contributed by atoms with Crippen LogP contribution in [-0.4, -0.2) is 24.8 Å². The number of benzene rings is 2. The van der Waals surface area contributed by atoms with E-state index in [1.807, 2.05) is 6.92 Å². The van der Waals surface area contributed by atoms with Gasteiger partial charge in [0.25, 0.3) is 0 Å². The zero-order valence-corrected chi connectivity index (χ0v) is 19.9. The number of carbonyl (C=O) groups excluding carboxylic acids is 2. The van der Waals surface area contributed by atoms with Crippen LogP contribution in [0.5, 0.6) is 0 Å². The molecule has 1 saturated heterocycles. The molecule has 0 bridgehead atoms. The van der Waals surface area contributed by atoms with Gasteiger partial charge in [0, 0.05) is 26.1 Å². The summed E-state index contributed by atoms with van der Waals surface area (Å²) in [6.45, 7) is 10.3. The van der Waals surface area contributed by atoms with Gasteiger partial charge in [0.05, 0.1) is 0 Å². The lowest BCUT2D eigenvalue weighted by Gasteiger charge is -2.31. The largest absolute Gasteiger partial charge is 0.381 e. The summed E-state index contributed by atoms with van der Waals surface area (Å²) in [6, 6.07) is 14.8. The molecule has 2 aromatic carbocycles. The maximum atomic E-state index is 13.2. The fraction of sp³-hybridized carbons (Fsp3) is 0.517. The third-order valence-corrected chi connectivity index (χ3v) is 7.31. The summed E-state index contributed by atoms with van der Waals surface area (Å²) >= 11 is 0. The molecule has 1 aliphatic carbocycles. The Morgan fingerprint density at radius 2 is 1.44 bits per heavy atom. The van der Waals surface area contributed by atoms with Crippen molar-refractivity contribution in [3.8, 4) is 11.1 Å². The van der Waals surface area contributed by atoms with Crippen molar-refractivity contribution in [2.24, 2.45) is 11.8 Å². The molecule has 1 heterocycles. The van der Waals surface area contributed by atoms with E-state index in [-0.39, 0.29) is 22.9 Å². The molecule has 0 aromatic heterocycles. The van der Waals surface area contributed by atoms with Crippen molar-refractivity contribution in [2.45, 2.75) is 71.1 Å². The average molecular weight is 433 g/mol. The Morgan fingerprint density at radius 1 is 0.844 bits per heavy atom. The summed E-state index contributed by atoms with van der Waals surface area (Å²) in [5.74, 6) is 0.382. The van der Waals surface area contributed by atoms with Gasteiger partial charge in [0.15, 0.2) is 0 Å². The van der Waals surface area contributed by atoms with Gasteiger partial charge in [-0.25, -0.2) is 0 Å². The fourth-order valence-corrected chi connectivity index (χ4v) is 5.32. The molecule has 0 amide bonds. The molecule has 2 aromatic rings. The lowest BCUT2D eigenvalue weighted by atomic mass is 9.72. The molecular formula is C29H36O3. The van der Waals surface area contributed by atoms with Crippen molar-refractivity contribution >= 4 is 11.6 Å². The van der Waals surface area contributed by atoms with E-state index in [0.29, 0.717) is 18.8 Å². The topological polar surface area (TPSA) is 43.4 Å². The molecule has 3 nitrogen and oxygen atoms in total. The number of aryl methyl sites for hydroxylation is 1. The first kappa shape index (κ1) is 22.9. The number of hydrogen-bond donors (Lipinski definition) is 0. The van der Waals surface area contributed by atoms with Crippen LogP contribution in [0.3, 0.4) is 0 Å². The molecule has 0 N–H and O–H groups in total. The minimum absolute atomic E-state index is 0.0987. The highest BCUT2D eigenvalue weighted by Gasteiger charge is 2.38. The molecule has 2 aliphatic rings. The molecule has 0 atom stereocenters. The van der Waals surface area contributed by atoms with Crippen molar-refractivity contribution in [2.75, 3.05) is 13.2 Å².